The second kappa shape index (κ2) is 7.38. The summed E-state index contributed by atoms with van der Waals surface area (Å²) in [4.78, 5) is 6.48. The number of aromatic nitrogens is 4. The smallest absolute Gasteiger partial charge is 0.0967 e. The van der Waals surface area contributed by atoms with Crippen LogP contribution in [0, 0.1) is 0 Å². The zero-order chi connectivity index (χ0) is 17.0. The highest BCUT2D eigenvalue weighted by Gasteiger charge is 2.33. The number of pyridine rings is 1. The van der Waals surface area contributed by atoms with Gasteiger partial charge < -0.3 is 9.47 Å². The molecule has 1 atom stereocenters. The van der Waals surface area contributed by atoms with Gasteiger partial charge in [-0.1, -0.05) is 11.3 Å². The van der Waals surface area contributed by atoms with Gasteiger partial charge in [0.25, 0.3) is 0 Å². The van der Waals surface area contributed by atoms with Gasteiger partial charge in [0.15, 0.2) is 0 Å². The monoisotopic (exact) mass is 331 g/mol. The number of nitrogens with zero attached hydrogens (tertiary/aromatic N) is 5. The zero-order valence-corrected chi connectivity index (χ0v) is 14.6. The van der Waals surface area contributed by atoms with E-state index in [2.05, 4.69) is 34.0 Å². The van der Waals surface area contributed by atoms with Crippen LogP contribution >= 0.6 is 0 Å². The van der Waals surface area contributed by atoms with Crippen molar-refractivity contribution in [3.8, 4) is 0 Å². The predicted octanol–water partition coefficient (Wildman–Crippen LogP) is 1.35. The fourth-order valence-corrected chi connectivity index (χ4v) is 3.21. The highest BCUT2D eigenvalue weighted by atomic mass is 16.5. The van der Waals surface area contributed by atoms with Gasteiger partial charge in [-0.2, -0.15) is 0 Å². The van der Waals surface area contributed by atoms with E-state index < -0.39 is 0 Å². The minimum atomic E-state index is -0.187. The van der Waals surface area contributed by atoms with Crippen molar-refractivity contribution >= 4 is 0 Å². The van der Waals surface area contributed by atoms with Crippen LogP contribution < -0.4 is 0 Å². The van der Waals surface area contributed by atoms with E-state index in [-0.39, 0.29) is 11.7 Å². The molecule has 0 N–H and O–H groups in total. The SMILES string of the molecule is COC[C@H]1CN(Cc2cn(Cc3cccnc3)nn2)CC(C)(C)O1. The molecule has 7 nitrogen and oxygen atoms in total. The Morgan fingerprint density at radius 3 is 3.00 bits per heavy atom. The molecule has 2 aromatic heterocycles. The van der Waals surface area contributed by atoms with Gasteiger partial charge >= 0.3 is 0 Å². The first-order chi connectivity index (χ1) is 11.5. The molecule has 24 heavy (non-hydrogen) atoms. The van der Waals surface area contributed by atoms with Crippen LogP contribution in [-0.4, -0.2) is 63.4 Å². The van der Waals surface area contributed by atoms with Crippen molar-refractivity contribution < 1.29 is 9.47 Å². The lowest BCUT2D eigenvalue weighted by molar-refractivity contribution is -0.154. The lowest BCUT2D eigenvalue weighted by atomic mass is 10.1. The maximum Gasteiger partial charge on any atom is 0.0967 e. The summed E-state index contributed by atoms with van der Waals surface area (Å²) >= 11 is 0. The molecule has 3 heterocycles. The van der Waals surface area contributed by atoms with E-state index in [0.717, 1.165) is 30.9 Å². The van der Waals surface area contributed by atoms with E-state index in [0.29, 0.717) is 13.2 Å². The summed E-state index contributed by atoms with van der Waals surface area (Å²) in [6, 6.07) is 3.97. The molecule has 0 spiro atoms. The molecule has 0 amide bonds. The summed E-state index contributed by atoms with van der Waals surface area (Å²) in [5.74, 6) is 0. The van der Waals surface area contributed by atoms with Crippen LogP contribution in [0.5, 0.6) is 0 Å². The molecule has 2 aromatic rings. The maximum absolute atomic E-state index is 6.05. The average molecular weight is 331 g/mol. The van der Waals surface area contributed by atoms with E-state index in [4.69, 9.17) is 9.47 Å². The quantitative estimate of drug-likeness (QED) is 0.796. The minimum absolute atomic E-state index is 0.0872. The number of hydrogen-bond donors (Lipinski definition) is 0. The Morgan fingerprint density at radius 1 is 1.38 bits per heavy atom. The summed E-state index contributed by atoms with van der Waals surface area (Å²) in [5.41, 5.74) is 1.89. The van der Waals surface area contributed by atoms with E-state index in [9.17, 15) is 0 Å². The summed E-state index contributed by atoms with van der Waals surface area (Å²) in [7, 11) is 1.71. The van der Waals surface area contributed by atoms with E-state index in [1.54, 1.807) is 13.3 Å². The fraction of sp³-hybridized carbons (Fsp3) is 0.588. The van der Waals surface area contributed by atoms with Gasteiger partial charge in [0, 0.05) is 39.1 Å². The topological polar surface area (TPSA) is 65.3 Å². The molecule has 0 saturated carbocycles. The van der Waals surface area contributed by atoms with Gasteiger partial charge in [0.1, 0.15) is 0 Å². The molecule has 1 fully saturated rings. The predicted molar refractivity (Wildman–Crippen MR) is 89.5 cm³/mol. The highest BCUT2D eigenvalue weighted by Crippen LogP contribution is 2.22. The number of morpholine rings is 1. The maximum atomic E-state index is 6.05. The van der Waals surface area contributed by atoms with Crippen molar-refractivity contribution in [2.75, 3.05) is 26.8 Å². The highest BCUT2D eigenvalue weighted by molar-refractivity contribution is 5.09. The fourth-order valence-electron chi connectivity index (χ4n) is 3.21. The van der Waals surface area contributed by atoms with Crippen LogP contribution in [0.15, 0.2) is 30.7 Å². The van der Waals surface area contributed by atoms with Crippen LogP contribution in [0.2, 0.25) is 0 Å². The Balaban J connectivity index is 1.61. The van der Waals surface area contributed by atoms with Crippen LogP contribution in [0.25, 0.3) is 0 Å². The molecule has 3 rings (SSSR count). The molecule has 0 unspecified atom stereocenters. The van der Waals surface area contributed by atoms with Crippen LogP contribution in [0.3, 0.4) is 0 Å². The van der Waals surface area contributed by atoms with E-state index >= 15 is 0 Å². The third-order valence-corrected chi connectivity index (χ3v) is 3.94. The summed E-state index contributed by atoms with van der Waals surface area (Å²) in [6.07, 6.45) is 5.71. The second-order valence-corrected chi connectivity index (χ2v) is 6.89. The molecule has 1 saturated heterocycles. The van der Waals surface area contributed by atoms with Crippen molar-refractivity contribution in [1.29, 1.82) is 0 Å². The molecule has 0 bridgehead atoms. The standard InChI is InChI=1S/C17H25N5O2/c1-17(2)13-21(11-16(24-17)12-23-3)9-15-10-22(20-19-15)8-14-5-4-6-18-7-14/h4-7,10,16H,8-9,11-13H2,1-3H3/t16-/m1/s1. The lowest BCUT2D eigenvalue weighted by Gasteiger charge is -2.42. The zero-order valence-electron chi connectivity index (χ0n) is 14.6. The lowest BCUT2D eigenvalue weighted by Crippen LogP contribution is -2.53. The Hall–Kier alpha value is -1.83. The molecule has 1 aliphatic heterocycles. The largest absolute Gasteiger partial charge is 0.382 e. The van der Waals surface area contributed by atoms with Crippen LogP contribution in [0.1, 0.15) is 25.1 Å². The van der Waals surface area contributed by atoms with Crippen LogP contribution in [0.4, 0.5) is 0 Å². The minimum Gasteiger partial charge on any atom is -0.382 e. The normalized spacial score (nSPS) is 21.0. The molecule has 0 aromatic carbocycles. The number of hydrogen-bond acceptors (Lipinski definition) is 6. The van der Waals surface area contributed by atoms with Crippen molar-refractivity contribution in [3.05, 3.63) is 42.0 Å². The van der Waals surface area contributed by atoms with Gasteiger partial charge in [0.2, 0.25) is 0 Å². The van der Waals surface area contributed by atoms with Gasteiger partial charge in [-0.15, -0.1) is 5.10 Å². The molecular weight excluding hydrogens is 306 g/mol. The third-order valence-electron chi connectivity index (χ3n) is 3.94. The van der Waals surface area contributed by atoms with Gasteiger partial charge in [-0.05, 0) is 25.5 Å². The van der Waals surface area contributed by atoms with Gasteiger partial charge in [-0.25, -0.2) is 4.68 Å². The van der Waals surface area contributed by atoms with Crippen LogP contribution in [-0.2, 0) is 22.6 Å². The molecule has 0 radical (unpaired) electrons. The first-order valence-corrected chi connectivity index (χ1v) is 8.21. The Labute approximate surface area is 142 Å². The average Bonchev–Trinajstić information content (AvgIpc) is 2.94. The summed E-state index contributed by atoms with van der Waals surface area (Å²) in [5, 5.41) is 8.53. The van der Waals surface area contributed by atoms with E-state index in [1.165, 1.54) is 0 Å². The van der Waals surface area contributed by atoms with E-state index in [1.807, 2.05) is 29.2 Å². The van der Waals surface area contributed by atoms with Gasteiger partial charge in [0.05, 0.1) is 36.7 Å². The molecule has 0 aliphatic carbocycles. The first-order valence-electron chi connectivity index (χ1n) is 8.21. The Morgan fingerprint density at radius 2 is 2.25 bits per heavy atom. The number of rotatable bonds is 6. The second-order valence-electron chi connectivity index (χ2n) is 6.89. The summed E-state index contributed by atoms with van der Waals surface area (Å²) in [6.45, 7) is 7.98. The first kappa shape index (κ1) is 17.0. The van der Waals surface area contributed by atoms with Crippen molar-refractivity contribution in [2.45, 2.75) is 38.6 Å². The number of ether oxygens (including phenoxy) is 2. The Kier molecular flexibility index (Phi) is 5.23. The molecule has 130 valence electrons. The molecular formula is C17H25N5O2. The number of methoxy groups -OCH3 is 1. The Bertz CT molecular complexity index is 643. The third kappa shape index (κ3) is 4.59. The molecule has 1 aliphatic rings. The van der Waals surface area contributed by atoms with Crippen molar-refractivity contribution in [2.24, 2.45) is 0 Å². The molecule has 7 heteroatoms. The van der Waals surface area contributed by atoms with Crippen molar-refractivity contribution in [1.82, 2.24) is 24.9 Å². The van der Waals surface area contributed by atoms with Crippen molar-refractivity contribution in [3.63, 3.8) is 0 Å². The van der Waals surface area contributed by atoms with Gasteiger partial charge in [-0.3, -0.25) is 9.88 Å². The summed E-state index contributed by atoms with van der Waals surface area (Å²) < 4.78 is 13.2.